The zero-order valence-corrected chi connectivity index (χ0v) is 39.3. The van der Waals surface area contributed by atoms with Gasteiger partial charge in [0, 0.05) is 35.3 Å². The normalized spacial score (nSPS) is 24.1. The second-order valence-electron chi connectivity index (χ2n) is 18.2. The van der Waals surface area contributed by atoms with Crippen LogP contribution in [0.25, 0.3) is 0 Å². The van der Waals surface area contributed by atoms with Crippen molar-refractivity contribution in [2.45, 2.75) is 101 Å². The third kappa shape index (κ3) is 8.35. The molecular weight excluding hydrogens is 848 g/mol. The van der Waals surface area contributed by atoms with Crippen LogP contribution in [0.4, 0.5) is 17.1 Å². The molecule has 14 heteroatoms. The molecule has 12 nitrogen and oxygen atoms in total. The molecule has 2 saturated heterocycles. The summed E-state index contributed by atoms with van der Waals surface area (Å²) in [6, 6.07) is 26.5. The van der Waals surface area contributed by atoms with Crippen molar-refractivity contribution in [2.24, 2.45) is 5.92 Å². The van der Waals surface area contributed by atoms with Gasteiger partial charge in [-0.25, -0.2) is 0 Å². The average molecular weight is 910 g/mol. The topological polar surface area (TPSA) is 141 Å². The largest absolute Gasteiger partial charge is 0.497 e. The van der Waals surface area contributed by atoms with Crippen LogP contribution >= 0.6 is 11.6 Å². The minimum atomic E-state index is -2.55. The van der Waals surface area contributed by atoms with Gasteiger partial charge in [0.2, 0.25) is 11.8 Å². The number of rotatable bonds is 16. The van der Waals surface area contributed by atoms with Crippen LogP contribution in [-0.2, 0) is 37.7 Å². The monoisotopic (exact) mass is 908 g/mol. The molecule has 0 aliphatic carbocycles. The van der Waals surface area contributed by atoms with Gasteiger partial charge < -0.3 is 39.5 Å². The molecule has 1 spiro atoms. The number of hydrogen-bond acceptors (Lipinski definition) is 9. The fraction of sp³-hybridized carbons (Fsp3) is 0.460. The maximum Gasteiger partial charge on any atom is 0.264 e. The van der Waals surface area contributed by atoms with Crippen LogP contribution in [0.1, 0.15) is 62.6 Å². The Kier molecular flexibility index (Phi) is 13.6. The fourth-order valence-corrected chi connectivity index (χ4v) is 15.2. The minimum absolute atomic E-state index is 0.0775. The number of hydrogen-bond donors (Lipinski definition) is 3. The number of likely N-dealkylation sites (tertiary alicyclic amines) is 1. The third-order valence-electron chi connectivity index (χ3n) is 14.1. The number of amides is 3. The second-order valence-corrected chi connectivity index (χ2v) is 23.3. The summed E-state index contributed by atoms with van der Waals surface area (Å²) in [6.45, 7) is 10.5. The van der Waals surface area contributed by atoms with Crippen LogP contribution in [-0.4, -0.2) is 99.1 Å². The lowest BCUT2D eigenvalue weighted by Gasteiger charge is -2.37. The molecule has 2 fully saturated rings. The Morgan fingerprint density at radius 1 is 0.984 bits per heavy atom. The number of aliphatic hydroxyl groups is 2. The van der Waals surface area contributed by atoms with Gasteiger partial charge >= 0.3 is 0 Å². The highest BCUT2D eigenvalue weighted by molar-refractivity contribution is 6.91. The molecule has 1 unspecified atom stereocenters. The first kappa shape index (κ1) is 45.8. The van der Waals surface area contributed by atoms with Crippen LogP contribution in [0, 0.1) is 5.92 Å². The average Bonchev–Trinajstić information content (AvgIpc) is 3.95. The van der Waals surface area contributed by atoms with Gasteiger partial charge in [0.05, 0.1) is 70.9 Å². The van der Waals surface area contributed by atoms with E-state index in [1.54, 1.807) is 27.9 Å². The Hall–Kier alpha value is -4.76. The van der Waals surface area contributed by atoms with E-state index in [2.05, 4.69) is 37.5 Å². The second kappa shape index (κ2) is 19.0. The molecule has 6 atom stereocenters. The van der Waals surface area contributed by atoms with E-state index in [-0.39, 0.29) is 61.4 Å². The van der Waals surface area contributed by atoms with E-state index in [4.69, 9.17) is 25.8 Å². The fourth-order valence-electron chi connectivity index (χ4n) is 11.0. The number of nitrogens with zero attached hydrogens (tertiary/aromatic N) is 3. The summed E-state index contributed by atoms with van der Waals surface area (Å²) in [7, 11) is -0.905. The van der Waals surface area contributed by atoms with Crippen LogP contribution in [0.5, 0.6) is 11.5 Å². The molecule has 4 heterocycles. The molecule has 4 aliphatic rings. The molecule has 0 radical (unpaired) electrons. The molecule has 8 rings (SSSR count). The van der Waals surface area contributed by atoms with Crippen molar-refractivity contribution in [1.82, 2.24) is 10.2 Å². The number of carbonyl (C=O) groups excluding carboxylic acids is 3. The first-order valence-electron chi connectivity index (χ1n) is 22.7. The summed E-state index contributed by atoms with van der Waals surface area (Å²) >= 11 is 6.79. The van der Waals surface area contributed by atoms with Gasteiger partial charge in [-0.15, -0.1) is 0 Å². The summed E-state index contributed by atoms with van der Waals surface area (Å²) in [5.41, 5.74) is 3.01. The predicted octanol–water partition coefficient (Wildman–Crippen LogP) is 6.84. The van der Waals surface area contributed by atoms with Gasteiger partial charge in [0.25, 0.3) is 5.91 Å². The van der Waals surface area contributed by atoms with Gasteiger partial charge in [0.15, 0.2) is 5.60 Å². The highest BCUT2D eigenvalue weighted by atomic mass is 35.5. The van der Waals surface area contributed by atoms with Crippen molar-refractivity contribution < 1.29 is 38.8 Å². The van der Waals surface area contributed by atoms with E-state index in [1.807, 2.05) is 73.7 Å². The molecule has 0 bridgehead atoms. The van der Waals surface area contributed by atoms with E-state index in [1.165, 1.54) is 0 Å². The number of nitrogens with one attached hydrogen (secondary N) is 1. The zero-order chi connectivity index (χ0) is 45.3. The predicted molar refractivity (Wildman–Crippen MR) is 252 cm³/mol. The molecule has 3 amide bonds. The van der Waals surface area contributed by atoms with Crippen molar-refractivity contribution >= 4 is 59.6 Å². The molecular formula is C50H61ClN4O8Si. The van der Waals surface area contributed by atoms with Crippen molar-refractivity contribution in [1.29, 1.82) is 0 Å². The first-order valence-corrected chi connectivity index (χ1v) is 26.2. The minimum Gasteiger partial charge on any atom is -0.497 e. The quantitative estimate of drug-likeness (QED) is 0.0815. The lowest BCUT2D eigenvalue weighted by atomic mass is 9.82. The Labute approximate surface area is 382 Å². The Morgan fingerprint density at radius 2 is 1.75 bits per heavy atom. The maximum atomic E-state index is 15.6. The van der Waals surface area contributed by atoms with E-state index >= 15 is 4.79 Å². The maximum absolute atomic E-state index is 15.6. The standard InChI is InChI=1S/C50H61ClN4O8Si/c1-6-62-39-17-21-43-34(26-39)27-42(52-22-7-8-24-56)48(59)55(43)36-12-9-11-33(25-36)30-54-44-20-14-35(51)28-41(44)50(49(54)60)32(2)47(64(4,5)40-18-15-38(61-3)16-19-40)45(63-50)29-46(58)53-23-10-13-37(53)31-57/h9,11-12,14-21,25-26,28,32,37,42,45,47,52,56-57H,6-8,10,13,22-24,27,29-31H2,1-5H3/t32-,37-,42?,45+,47-,50+/m0/s1. The Bertz CT molecular complexity index is 2360. The van der Waals surface area contributed by atoms with Crippen molar-refractivity contribution in [3.63, 3.8) is 0 Å². The first-order chi connectivity index (χ1) is 30.9. The number of methoxy groups -OCH3 is 1. The lowest BCUT2D eigenvalue weighted by Crippen LogP contribution is -2.52. The summed E-state index contributed by atoms with van der Waals surface area (Å²) in [6.07, 6.45) is 2.95. The summed E-state index contributed by atoms with van der Waals surface area (Å²) in [5.74, 6) is 0.755. The summed E-state index contributed by atoms with van der Waals surface area (Å²) in [5, 5.41) is 24.6. The van der Waals surface area contributed by atoms with Crippen LogP contribution in [0.3, 0.4) is 0 Å². The van der Waals surface area contributed by atoms with Gasteiger partial charge in [-0.1, -0.05) is 61.1 Å². The lowest BCUT2D eigenvalue weighted by molar-refractivity contribution is -0.150. The molecule has 3 N–H and O–H groups in total. The highest BCUT2D eigenvalue weighted by Gasteiger charge is 2.66. The van der Waals surface area contributed by atoms with E-state index < -0.39 is 25.8 Å². The van der Waals surface area contributed by atoms with Crippen LogP contribution < -0.4 is 29.8 Å². The Balaban J connectivity index is 1.15. The zero-order valence-electron chi connectivity index (χ0n) is 37.5. The molecule has 340 valence electrons. The Morgan fingerprint density at radius 3 is 2.48 bits per heavy atom. The molecule has 0 saturated carbocycles. The van der Waals surface area contributed by atoms with Gasteiger partial charge in [-0.3, -0.25) is 19.3 Å². The number of unbranched alkanes of at least 4 members (excludes halogenated alkanes) is 1. The van der Waals surface area contributed by atoms with Gasteiger partial charge in [-0.05, 0) is 123 Å². The van der Waals surface area contributed by atoms with Crippen molar-refractivity contribution in [3.8, 4) is 11.5 Å². The highest BCUT2D eigenvalue weighted by Crippen LogP contribution is 2.60. The molecule has 4 aromatic carbocycles. The van der Waals surface area contributed by atoms with E-state index in [0.717, 1.165) is 52.8 Å². The third-order valence-corrected chi connectivity index (χ3v) is 18.7. The van der Waals surface area contributed by atoms with E-state index in [9.17, 15) is 19.8 Å². The van der Waals surface area contributed by atoms with Crippen LogP contribution in [0.2, 0.25) is 23.7 Å². The molecule has 0 aromatic heterocycles. The number of carbonyl (C=O) groups is 3. The van der Waals surface area contributed by atoms with E-state index in [0.29, 0.717) is 54.5 Å². The number of ether oxygens (including phenoxy) is 3. The smallest absolute Gasteiger partial charge is 0.264 e. The van der Waals surface area contributed by atoms with Gasteiger partial charge in [0.1, 0.15) is 11.5 Å². The number of fused-ring (bicyclic) bond motifs is 3. The van der Waals surface area contributed by atoms with Gasteiger partial charge in [-0.2, -0.15) is 0 Å². The molecule has 64 heavy (non-hydrogen) atoms. The number of anilines is 3. The number of halogens is 1. The van der Waals surface area contributed by atoms with Crippen molar-refractivity contribution in [2.75, 3.05) is 49.8 Å². The SMILES string of the molecule is CCOc1ccc2c(c1)CC(NCCCCO)C(=O)N2c1cccc(CN2C(=O)[C@]3(O[C@H](CC(=O)N4CCC[C@H]4CO)[C@@H]([Si](C)(C)c4ccc(OC)cc4)[C@@H]3C)c3cc(Cl)ccc32)c1. The summed E-state index contributed by atoms with van der Waals surface area (Å²) < 4.78 is 18.6. The number of aliphatic hydroxyl groups excluding tert-OH is 2. The molecule has 4 aromatic rings. The number of benzene rings is 4. The summed E-state index contributed by atoms with van der Waals surface area (Å²) in [4.78, 5) is 49.5. The van der Waals surface area contributed by atoms with Crippen molar-refractivity contribution in [3.05, 3.63) is 107 Å². The molecule has 4 aliphatic heterocycles. The van der Waals surface area contributed by atoms with Crippen LogP contribution in [0.15, 0.2) is 84.9 Å².